The molecule has 0 aliphatic carbocycles. The third-order valence-corrected chi connectivity index (χ3v) is 3.84. The molecule has 0 aliphatic rings. The number of hydrogen-bond acceptors (Lipinski definition) is 1. The number of hydrogen-bond donors (Lipinski definition) is 0. The van der Waals surface area contributed by atoms with Gasteiger partial charge in [-0.1, -0.05) is 17.7 Å². The lowest BCUT2D eigenvalue weighted by atomic mass is 10.2. The van der Waals surface area contributed by atoms with Crippen LogP contribution in [0.25, 0.3) is 16.7 Å². The Morgan fingerprint density at radius 1 is 1.19 bits per heavy atom. The number of benzene rings is 2. The number of alkyl halides is 1. The third kappa shape index (κ3) is 2.63. The number of fused-ring (bicyclic) bond motifs is 1. The van der Waals surface area contributed by atoms with Crippen LogP contribution < -0.4 is 0 Å². The van der Waals surface area contributed by atoms with Gasteiger partial charge >= 0.3 is 0 Å². The largest absolute Gasteiger partial charge is 0.296 e. The standard InChI is InChI=1S/C16H13Cl2FN2/c1-10-2-4-12(9-13(10)19)21-15-5-3-11(18)8-14(15)20-16(21)6-7-17/h2-5,8-9H,6-7H2,1H3. The third-order valence-electron chi connectivity index (χ3n) is 3.42. The van der Waals surface area contributed by atoms with Crippen molar-refractivity contribution >= 4 is 34.2 Å². The molecule has 2 nitrogen and oxygen atoms in total. The zero-order chi connectivity index (χ0) is 15.0. The molecule has 0 saturated heterocycles. The minimum atomic E-state index is -0.236. The smallest absolute Gasteiger partial charge is 0.128 e. The average molecular weight is 323 g/mol. The second-order valence-electron chi connectivity index (χ2n) is 4.87. The fourth-order valence-electron chi connectivity index (χ4n) is 2.36. The summed E-state index contributed by atoms with van der Waals surface area (Å²) in [6.45, 7) is 1.74. The summed E-state index contributed by atoms with van der Waals surface area (Å²) in [6.07, 6.45) is 0.601. The Morgan fingerprint density at radius 3 is 2.71 bits per heavy atom. The first-order chi connectivity index (χ1) is 10.1. The zero-order valence-electron chi connectivity index (χ0n) is 11.4. The Bertz CT molecular complexity index is 811. The quantitative estimate of drug-likeness (QED) is 0.626. The maximum Gasteiger partial charge on any atom is 0.128 e. The zero-order valence-corrected chi connectivity index (χ0v) is 12.9. The molecule has 1 heterocycles. The van der Waals surface area contributed by atoms with Crippen LogP contribution in [0.5, 0.6) is 0 Å². The van der Waals surface area contributed by atoms with Crippen molar-refractivity contribution in [3.8, 4) is 5.69 Å². The van der Waals surface area contributed by atoms with E-state index in [0.717, 1.165) is 22.5 Å². The van der Waals surface area contributed by atoms with Gasteiger partial charge < -0.3 is 0 Å². The topological polar surface area (TPSA) is 17.8 Å². The maximum absolute atomic E-state index is 13.9. The summed E-state index contributed by atoms with van der Waals surface area (Å²) in [5, 5.41) is 0.625. The van der Waals surface area contributed by atoms with Gasteiger partial charge in [0.05, 0.1) is 16.7 Å². The molecular formula is C16H13Cl2FN2. The number of aromatic nitrogens is 2. The average Bonchev–Trinajstić information content (AvgIpc) is 2.79. The summed E-state index contributed by atoms with van der Waals surface area (Å²) in [5.41, 5.74) is 3.03. The molecule has 0 unspecified atom stereocenters. The molecule has 3 aromatic rings. The molecule has 0 saturated carbocycles. The Hall–Kier alpha value is -1.58. The van der Waals surface area contributed by atoms with Crippen molar-refractivity contribution in [1.82, 2.24) is 9.55 Å². The molecule has 0 atom stereocenters. The van der Waals surface area contributed by atoms with Crippen LogP contribution in [0.3, 0.4) is 0 Å². The fourth-order valence-corrected chi connectivity index (χ4v) is 2.70. The van der Waals surface area contributed by atoms with Crippen molar-refractivity contribution in [2.24, 2.45) is 0 Å². The van der Waals surface area contributed by atoms with Gasteiger partial charge in [0.25, 0.3) is 0 Å². The van der Waals surface area contributed by atoms with E-state index in [-0.39, 0.29) is 5.82 Å². The SMILES string of the molecule is Cc1ccc(-n2c(CCCl)nc3cc(Cl)ccc32)cc1F. The van der Waals surface area contributed by atoms with Crippen molar-refractivity contribution in [3.05, 3.63) is 58.6 Å². The highest BCUT2D eigenvalue weighted by Crippen LogP contribution is 2.25. The molecule has 2 aromatic carbocycles. The molecule has 5 heteroatoms. The van der Waals surface area contributed by atoms with E-state index in [4.69, 9.17) is 23.2 Å². The second-order valence-corrected chi connectivity index (χ2v) is 5.68. The van der Waals surface area contributed by atoms with Crippen LogP contribution in [0.1, 0.15) is 11.4 Å². The van der Waals surface area contributed by atoms with Gasteiger partial charge in [0, 0.05) is 17.3 Å². The molecule has 0 aliphatic heterocycles. The van der Waals surface area contributed by atoms with Crippen LogP contribution in [0.2, 0.25) is 5.02 Å². The summed E-state index contributed by atoms with van der Waals surface area (Å²) < 4.78 is 15.8. The van der Waals surface area contributed by atoms with Gasteiger partial charge in [0.1, 0.15) is 11.6 Å². The molecule has 0 N–H and O–H groups in total. The summed E-state index contributed by atoms with van der Waals surface area (Å²) in [5.74, 6) is 1.01. The number of aryl methyl sites for hydroxylation is 2. The van der Waals surface area contributed by atoms with Crippen molar-refractivity contribution in [1.29, 1.82) is 0 Å². The molecule has 3 rings (SSSR count). The lowest BCUT2D eigenvalue weighted by Gasteiger charge is -2.09. The van der Waals surface area contributed by atoms with Crippen LogP contribution in [-0.4, -0.2) is 15.4 Å². The highest BCUT2D eigenvalue weighted by atomic mass is 35.5. The fraction of sp³-hybridized carbons (Fsp3) is 0.188. The second kappa shape index (κ2) is 5.66. The normalized spacial score (nSPS) is 11.2. The van der Waals surface area contributed by atoms with Crippen LogP contribution in [0.4, 0.5) is 4.39 Å². The number of rotatable bonds is 3. The minimum absolute atomic E-state index is 0.236. The van der Waals surface area contributed by atoms with E-state index < -0.39 is 0 Å². The van der Waals surface area contributed by atoms with Crippen molar-refractivity contribution in [2.75, 3.05) is 5.88 Å². The van der Waals surface area contributed by atoms with E-state index in [2.05, 4.69) is 4.98 Å². The van der Waals surface area contributed by atoms with E-state index in [9.17, 15) is 4.39 Å². The first kappa shape index (κ1) is 14.4. The molecule has 0 bridgehead atoms. The summed E-state index contributed by atoms with van der Waals surface area (Å²) in [4.78, 5) is 4.56. The van der Waals surface area contributed by atoms with Crippen LogP contribution in [-0.2, 0) is 6.42 Å². The summed E-state index contributed by atoms with van der Waals surface area (Å²) in [6, 6.07) is 10.7. The predicted octanol–water partition coefficient (Wildman–Crippen LogP) is 4.91. The molecule has 1 aromatic heterocycles. The number of halogens is 3. The van der Waals surface area contributed by atoms with Crippen LogP contribution in [0, 0.1) is 12.7 Å². The van der Waals surface area contributed by atoms with E-state index in [1.807, 2.05) is 16.7 Å². The Morgan fingerprint density at radius 2 is 2.00 bits per heavy atom. The Kier molecular flexibility index (Phi) is 3.87. The minimum Gasteiger partial charge on any atom is -0.296 e. The monoisotopic (exact) mass is 322 g/mol. The molecule has 0 fully saturated rings. The van der Waals surface area contributed by atoms with Gasteiger partial charge in [-0.25, -0.2) is 9.37 Å². The van der Waals surface area contributed by atoms with Gasteiger partial charge in [0.15, 0.2) is 0 Å². The molecule has 108 valence electrons. The van der Waals surface area contributed by atoms with Crippen LogP contribution >= 0.6 is 23.2 Å². The summed E-state index contributed by atoms with van der Waals surface area (Å²) in [7, 11) is 0. The van der Waals surface area contributed by atoms with Gasteiger partial charge in [-0.05, 0) is 42.8 Å². The maximum atomic E-state index is 13.9. The molecule has 0 amide bonds. The molecule has 21 heavy (non-hydrogen) atoms. The van der Waals surface area contributed by atoms with E-state index >= 15 is 0 Å². The van der Waals surface area contributed by atoms with Crippen molar-refractivity contribution in [2.45, 2.75) is 13.3 Å². The van der Waals surface area contributed by atoms with Crippen LogP contribution in [0.15, 0.2) is 36.4 Å². The number of nitrogens with zero attached hydrogens (tertiary/aromatic N) is 2. The first-order valence-corrected chi connectivity index (χ1v) is 7.51. The lowest BCUT2D eigenvalue weighted by Crippen LogP contribution is -2.03. The highest BCUT2D eigenvalue weighted by Gasteiger charge is 2.13. The molecule has 0 radical (unpaired) electrons. The van der Waals surface area contributed by atoms with E-state index in [1.165, 1.54) is 6.07 Å². The highest BCUT2D eigenvalue weighted by molar-refractivity contribution is 6.31. The van der Waals surface area contributed by atoms with E-state index in [0.29, 0.717) is 22.9 Å². The molecule has 0 spiro atoms. The predicted molar refractivity (Wildman–Crippen MR) is 85.2 cm³/mol. The lowest BCUT2D eigenvalue weighted by molar-refractivity contribution is 0.617. The Balaban J connectivity index is 2.27. The van der Waals surface area contributed by atoms with Gasteiger partial charge in [-0.3, -0.25) is 4.57 Å². The van der Waals surface area contributed by atoms with Gasteiger partial charge in [-0.15, -0.1) is 11.6 Å². The van der Waals surface area contributed by atoms with Crippen molar-refractivity contribution in [3.63, 3.8) is 0 Å². The van der Waals surface area contributed by atoms with Gasteiger partial charge in [-0.2, -0.15) is 0 Å². The van der Waals surface area contributed by atoms with Gasteiger partial charge in [0.2, 0.25) is 0 Å². The van der Waals surface area contributed by atoms with Crippen molar-refractivity contribution < 1.29 is 4.39 Å². The Labute approximate surface area is 132 Å². The first-order valence-electron chi connectivity index (χ1n) is 6.59. The summed E-state index contributed by atoms with van der Waals surface area (Å²) >= 11 is 11.9. The molecular weight excluding hydrogens is 310 g/mol. The number of imidazole rings is 1. The van der Waals surface area contributed by atoms with E-state index in [1.54, 1.807) is 25.1 Å².